The fourth-order valence-electron chi connectivity index (χ4n) is 1.72. The van der Waals surface area contributed by atoms with Gasteiger partial charge in [-0.3, -0.25) is 0 Å². The number of hydrogen-bond acceptors (Lipinski definition) is 4. The third-order valence-electron chi connectivity index (χ3n) is 2.38. The van der Waals surface area contributed by atoms with Gasteiger partial charge < -0.3 is 20.4 Å². The molecule has 14 heavy (non-hydrogen) atoms. The summed E-state index contributed by atoms with van der Waals surface area (Å²) in [7, 11) is 0. The number of fused-ring (bicyclic) bond motifs is 1. The van der Waals surface area contributed by atoms with Gasteiger partial charge in [-0.05, 0) is 24.6 Å². The molecule has 3 N–H and O–H groups in total. The second-order valence-corrected chi connectivity index (χ2v) is 3.46. The lowest BCUT2D eigenvalue weighted by atomic mass is 10.2. The molecule has 1 aliphatic rings. The van der Waals surface area contributed by atoms with E-state index in [0.717, 1.165) is 16.9 Å². The van der Waals surface area contributed by atoms with E-state index in [1.54, 1.807) is 4.90 Å². The second-order valence-electron chi connectivity index (χ2n) is 3.46. The molecule has 0 bridgehead atoms. The van der Waals surface area contributed by atoms with E-state index in [1.165, 1.54) is 0 Å². The molecule has 1 heterocycles. The van der Waals surface area contributed by atoms with Crippen LogP contribution in [0.3, 0.4) is 0 Å². The maximum Gasteiger partial charge on any atom is 0.205 e. The highest BCUT2D eigenvalue weighted by molar-refractivity contribution is 5.76. The van der Waals surface area contributed by atoms with E-state index in [1.807, 2.05) is 25.1 Å². The molecule has 4 nitrogen and oxygen atoms in total. The lowest BCUT2D eigenvalue weighted by Crippen LogP contribution is -2.37. The topological polar surface area (TPSA) is 55.7 Å². The Morgan fingerprint density at radius 3 is 3.00 bits per heavy atom. The molecule has 1 aromatic carbocycles. The molecular weight excluding hydrogens is 180 g/mol. The van der Waals surface area contributed by atoms with Gasteiger partial charge in [0, 0.05) is 6.54 Å². The van der Waals surface area contributed by atoms with Gasteiger partial charge in [0.2, 0.25) is 6.35 Å². The number of hydrogen-bond donors (Lipinski definition) is 3. The van der Waals surface area contributed by atoms with Gasteiger partial charge in [0.05, 0.1) is 18.0 Å². The van der Waals surface area contributed by atoms with Gasteiger partial charge in [0.1, 0.15) is 0 Å². The zero-order valence-electron chi connectivity index (χ0n) is 8.07. The fourth-order valence-corrected chi connectivity index (χ4v) is 1.72. The van der Waals surface area contributed by atoms with Gasteiger partial charge in [-0.15, -0.1) is 0 Å². The molecule has 1 aromatic rings. The molecule has 0 aromatic heterocycles. The van der Waals surface area contributed by atoms with Crippen molar-refractivity contribution in [3.63, 3.8) is 0 Å². The molecule has 4 heteroatoms. The van der Waals surface area contributed by atoms with E-state index in [0.29, 0.717) is 6.54 Å². The number of benzene rings is 1. The summed E-state index contributed by atoms with van der Waals surface area (Å²) in [6.07, 6.45) is -0.723. The first-order valence-electron chi connectivity index (χ1n) is 4.65. The first-order valence-corrected chi connectivity index (χ1v) is 4.65. The number of aliphatic hydroxyl groups is 2. The van der Waals surface area contributed by atoms with Crippen molar-refractivity contribution < 1.29 is 10.2 Å². The molecule has 1 aliphatic heterocycles. The van der Waals surface area contributed by atoms with Crippen LogP contribution in [0.15, 0.2) is 18.2 Å². The van der Waals surface area contributed by atoms with Crippen LogP contribution in [0.25, 0.3) is 0 Å². The Hall–Kier alpha value is -1.26. The molecule has 1 atom stereocenters. The molecule has 1 unspecified atom stereocenters. The maximum atomic E-state index is 9.64. The minimum atomic E-state index is -0.723. The Bertz CT molecular complexity index is 341. The fraction of sp³-hybridized carbons (Fsp3) is 0.400. The lowest BCUT2D eigenvalue weighted by Gasteiger charge is -2.20. The number of nitrogens with one attached hydrogen (secondary N) is 1. The van der Waals surface area contributed by atoms with Crippen molar-refractivity contribution in [1.29, 1.82) is 0 Å². The van der Waals surface area contributed by atoms with E-state index < -0.39 is 6.35 Å². The van der Waals surface area contributed by atoms with Gasteiger partial charge >= 0.3 is 0 Å². The smallest absolute Gasteiger partial charge is 0.205 e. The molecular formula is C10H14N2O2. The summed E-state index contributed by atoms with van der Waals surface area (Å²) in [6.45, 7) is 2.47. The van der Waals surface area contributed by atoms with Gasteiger partial charge in [0.25, 0.3) is 0 Å². The van der Waals surface area contributed by atoms with E-state index >= 15 is 0 Å². The molecule has 0 saturated carbocycles. The molecule has 76 valence electrons. The first-order chi connectivity index (χ1) is 6.72. The zero-order chi connectivity index (χ0) is 10.1. The number of anilines is 2. The van der Waals surface area contributed by atoms with Crippen molar-refractivity contribution in [2.75, 3.05) is 23.4 Å². The van der Waals surface area contributed by atoms with Crippen molar-refractivity contribution in [2.24, 2.45) is 0 Å². The highest BCUT2D eigenvalue weighted by Gasteiger charge is 2.25. The lowest BCUT2D eigenvalue weighted by molar-refractivity contribution is 0.192. The summed E-state index contributed by atoms with van der Waals surface area (Å²) >= 11 is 0. The van der Waals surface area contributed by atoms with Crippen LogP contribution in [-0.2, 0) is 0 Å². The minimum Gasteiger partial charge on any atom is -0.395 e. The molecule has 0 aliphatic carbocycles. The Morgan fingerprint density at radius 2 is 2.29 bits per heavy atom. The predicted molar refractivity (Wildman–Crippen MR) is 55.2 cm³/mol. The number of β-amino-alcohol motifs (C(OH)–C–C–N with tert-alkyl or cyclic N) is 1. The quantitative estimate of drug-likeness (QED) is 0.641. The average molecular weight is 194 g/mol. The van der Waals surface area contributed by atoms with E-state index in [-0.39, 0.29) is 6.61 Å². The summed E-state index contributed by atoms with van der Waals surface area (Å²) in [5, 5.41) is 21.4. The third kappa shape index (κ3) is 1.42. The van der Waals surface area contributed by atoms with Crippen molar-refractivity contribution >= 4 is 11.4 Å². The van der Waals surface area contributed by atoms with Crippen LogP contribution in [0, 0.1) is 6.92 Å². The van der Waals surface area contributed by atoms with Crippen molar-refractivity contribution in [2.45, 2.75) is 13.3 Å². The molecule has 0 amide bonds. The van der Waals surface area contributed by atoms with Crippen molar-refractivity contribution in [3.8, 4) is 0 Å². The second kappa shape index (κ2) is 3.48. The maximum absolute atomic E-state index is 9.64. The summed E-state index contributed by atoms with van der Waals surface area (Å²) in [4.78, 5) is 1.73. The number of rotatable bonds is 2. The van der Waals surface area contributed by atoms with Crippen LogP contribution in [-0.4, -0.2) is 29.7 Å². The van der Waals surface area contributed by atoms with Gasteiger partial charge in [-0.25, -0.2) is 0 Å². The SMILES string of the molecule is Cc1ccc2c(c1)NC(O)N2CCO. The Morgan fingerprint density at radius 1 is 1.50 bits per heavy atom. The molecule has 0 fully saturated rings. The first kappa shape index (κ1) is 9.30. The van der Waals surface area contributed by atoms with E-state index in [4.69, 9.17) is 5.11 Å². The van der Waals surface area contributed by atoms with Crippen LogP contribution in [0.5, 0.6) is 0 Å². The Kier molecular flexibility index (Phi) is 2.31. The van der Waals surface area contributed by atoms with Gasteiger partial charge in [-0.1, -0.05) is 6.07 Å². The van der Waals surface area contributed by atoms with Crippen LogP contribution >= 0.6 is 0 Å². The summed E-state index contributed by atoms with van der Waals surface area (Å²) < 4.78 is 0. The van der Waals surface area contributed by atoms with Crippen LogP contribution in [0.4, 0.5) is 11.4 Å². The number of aryl methyl sites for hydroxylation is 1. The summed E-state index contributed by atoms with van der Waals surface area (Å²) in [5.74, 6) is 0. The van der Waals surface area contributed by atoms with Crippen LogP contribution < -0.4 is 10.2 Å². The third-order valence-corrected chi connectivity index (χ3v) is 2.38. The van der Waals surface area contributed by atoms with E-state index in [9.17, 15) is 5.11 Å². The molecule has 0 radical (unpaired) electrons. The number of aliphatic hydroxyl groups excluding tert-OH is 2. The average Bonchev–Trinajstić information content (AvgIpc) is 2.43. The van der Waals surface area contributed by atoms with E-state index in [2.05, 4.69) is 5.32 Å². The Labute approximate surface area is 82.8 Å². The Balaban J connectivity index is 2.33. The van der Waals surface area contributed by atoms with Crippen LogP contribution in [0.2, 0.25) is 0 Å². The normalized spacial score (nSPS) is 19.4. The largest absolute Gasteiger partial charge is 0.395 e. The zero-order valence-corrected chi connectivity index (χ0v) is 8.07. The predicted octanol–water partition coefficient (Wildman–Crippen LogP) is 0.495. The van der Waals surface area contributed by atoms with Gasteiger partial charge in [-0.2, -0.15) is 0 Å². The standard InChI is InChI=1S/C10H14N2O2/c1-7-2-3-9-8(6-7)11-10(14)12(9)4-5-13/h2-3,6,10-11,13-14H,4-5H2,1H3. The molecule has 0 saturated heterocycles. The number of nitrogens with zero attached hydrogens (tertiary/aromatic N) is 1. The highest BCUT2D eigenvalue weighted by Crippen LogP contribution is 2.33. The minimum absolute atomic E-state index is 0.0338. The molecule has 2 rings (SSSR count). The van der Waals surface area contributed by atoms with Gasteiger partial charge in [0.15, 0.2) is 0 Å². The van der Waals surface area contributed by atoms with Crippen molar-refractivity contribution in [1.82, 2.24) is 0 Å². The summed E-state index contributed by atoms with van der Waals surface area (Å²) in [6, 6.07) is 5.92. The van der Waals surface area contributed by atoms with Crippen molar-refractivity contribution in [3.05, 3.63) is 23.8 Å². The summed E-state index contributed by atoms with van der Waals surface area (Å²) in [5.41, 5.74) is 3.01. The monoisotopic (exact) mass is 194 g/mol. The van der Waals surface area contributed by atoms with Crippen LogP contribution in [0.1, 0.15) is 5.56 Å². The molecule has 0 spiro atoms. The highest BCUT2D eigenvalue weighted by atomic mass is 16.3.